The molecule has 6 heteroatoms. The van der Waals surface area contributed by atoms with Gasteiger partial charge in [-0.15, -0.1) is 0 Å². The summed E-state index contributed by atoms with van der Waals surface area (Å²) in [5, 5.41) is -1.08. The van der Waals surface area contributed by atoms with Gasteiger partial charge >= 0.3 is 6.18 Å². The second-order valence-corrected chi connectivity index (χ2v) is 4.78. The fourth-order valence-electron chi connectivity index (χ4n) is 1.74. The van der Waals surface area contributed by atoms with Crippen LogP contribution < -0.4 is 0 Å². The molecule has 0 heterocycles. The molecule has 0 N–H and O–H groups in total. The van der Waals surface area contributed by atoms with Crippen LogP contribution in [0.15, 0.2) is 24.3 Å². The van der Waals surface area contributed by atoms with Crippen LogP contribution in [0.4, 0.5) is 17.6 Å². The Morgan fingerprint density at radius 2 is 1.94 bits per heavy atom. The number of halogens is 5. The molecule has 0 aliphatic heterocycles. The smallest absolute Gasteiger partial charge is 0.281 e. The molecule has 1 aromatic carbocycles. The zero-order valence-corrected chi connectivity index (χ0v) is 10.3. The van der Waals surface area contributed by atoms with Crippen LogP contribution in [-0.2, 0) is 11.2 Å². The Labute approximate surface area is 107 Å². The van der Waals surface area contributed by atoms with Crippen LogP contribution >= 0.6 is 11.6 Å². The van der Waals surface area contributed by atoms with E-state index in [0.29, 0.717) is 5.56 Å². The Morgan fingerprint density at radius 3 is 2.39 bits per heavy atom. The van der Waals surface area contributed by atoms with Gasteiger partial charge in [-0.05, 0) is 35.7 Å². The summed E-state index contributed by atoms with van der Waals surface area (Å²) in [6.07, 6.45) is -6.10. The zero-order valence-electron chi connectivity index (χ0n) is 9.52. The third-order valence-electron chi connectivity index (χ3n) is 2.55. The molecule has 0 aliphatic rings. The average molecular weight is 283 g/mol. The Morgan fingerprint density at radius 1 is 1.33 bits per heavy atom. The van der Waals surface area contributed by atoms with E-state index in [9.17, 15) is 22.4 Å². The molecule has 1 rings (SSSR count). The fourth-order valence-corrected chi connectivity index (χ4v) is 1.87. The maximum atomic E-state index is 12.9. The monoisotopic (exact) mass is 282 g/mol. The SMILES string of the molecule is C[C@](Cc1cccc(F)c1)(CC(F)(F)F)C(=O)Cl. The van der Waals surface area contributed by atoms with E-state index < -0.39 is 29.1 Å². The van der Waals surface area contributed by atoms with Gasteiger partial charge in [-0.2, -0.15) is 13.2 Å². The molecule has 0 bridgehead atoms. The molecule has 1 aromatic rings. The summed E-state index contributed by atoms with van der Waals surface area (Å²) in [7, 11) is 0. The lowest BCUT2D eigenvalue weighted by atomic mass is 9.81. The van der Waals surface area contributed by atoms with Crippen LogP contribution in [0.1, 0.15) is 18.9 Å². The molecule has 1 atom stereocenters. The molecule has 0 saturated carbocycles. The molecule has 0 radical (unpaired) electrons. The maximum Gasteiger partial charge on any atom is 0.390 e. The predicted octanol–water partition coefficient (Wildman–Crippen LogP) is 4.09. The summed E-state index contributed by atoms with van der Waals surface area (Å²) in [6.45, 7) is 1.13. The predicted molar refractivity (Wildman–Crippen MR) is 59.7 cm³/mol. The van der Waals surface area contributed by atoms with E-state index in [-0.39, 0.29) is 6.42 Å². The second kappa shape index (κ2) is 5.26. The molecule has 100 valence electrons. The van der Waals surface area contributed by atoms with E-state index in [4.69, 9.17) is 11.6 Å². The highest BCUT2D eigenvalue weighted by Crippen LogP contribution is 2.38. The van der Waals surface area contributed by atoms with Gasteiger partial charge in [0.2, 0.25) is 5.24 Å². The first-order chi connectivity index (χ1) is 8.12. The van der Waals surface area contributed by atoms with Gasteiger partial charge in [0.15, 0.2) is 0 Å². The quantitative estimate of drug-likeness (QED) is 0.600. The molecule has 0 unspecified atom stereocenters. The Kier molecular flexibility index (Phi) is 4.37. The highest BCUT2D eigenvalue weighted by Gasteiger charge is 2.43. The lowest BCUT2D eigenvalue weighted by molar-refractivity contribution is -0.161. The van der Waals surface area contributed by atoms with E-state index in [2.05, 4.69) is 0 Å². The van der Waals surface area contributed by atoms with Crippen molar-refractivity contribution < 1.29 is 22.4 Å². The Bertz CT molecular complexity index is 444. The van der Waals surface area contributed by atoms with Crippen LogP contribution in [0.25, 0.3) is 0 Å². The van der Waals surface area contributed by atoms with Gasteiger partial charge in [0.25, 0.3) is 0 Å². The molecular weight excluding hydrogens is 272 g/mol. The summed E-state index contributed by atoms with van der Waals surface area (Å²) in [5.41, 5.74) is -1.48. The van der Waals surface area contributed by atoms with Gasteiger partial charge in [0.05, 0.1) is 11.8 Å². The van der Waals surface area contributed by atoms with Crippen molar-refractivity contribution in [3.05, 3.63) is 35.6 Å². The highest BCUT2D eigenvalue weighted by molar-refractivity contribution is 6.64. The summed E-state index contributed by atoms with van der Waals surface area (Å²) >= 11 is 5.25. The normalized spacial score (nSPS) is 15.2. The van der Waals surface area contributed by atoms with Crippen LogP contribution in [0, 0.1) is 11.2 Å². The summed E-state index contributed by atoms with van der Waals surface area (Å²) < 4.78 is 50.2. The van der Waals surface area contributed by atoms with E-state index >= 15 is 0 Å². The van der Waals surface area contributed by atoms with Crippen molar-refractivity contribution in [3.8, 4) is 0 Å². The topological polar surface area (TPSA) is 17.1 Å². The summed E-state index contributed by atoms with van der Waals surface area (Å²) in [6, 6.07) is 5.09. The van der Waals surface area contributed by atoms with E-state index in [1.165, 1.54) is 18.2 Å². The molecule has 0 spiro atoms. The van der Waals surface area contributed by atoms with E-state index in [0.717, 1.165) is 13.0 Å². The van der Waals surface area contributed by atoms with Crippen molar-refractivity contribution in [2.24, 2.45) is 5.41 Å². The van der Waals surface area contributed by atoms with Crippen molar-refractivity contribution >= 4 is 16.8 Å². The number of rotatable bonds is 4. The lowest BCUT2D eigenvalue weighted by Gasteiger charge is -2.26. The standard InChI is InChI=1S/C12H11ClF4O/c1-11(10(13)18,7-12(15,16)17)6-8-3-2-4-9(14)5-8/h2-5H,6-7H2,1H3/t11-/m0/s1. The molecule has 0 amide bonds. The second-order valence-electron chi connectivity index (χ2n) is 4.43. The Balaban J connectivity index is 2.96. The van der Waals surface area contributed by atoms with Crippen molar-refractivity contribution in [3.63, 3.8) is 0 Å². The lowest BCUT2D eigenvalue weighted by Crippen LogP contribution is -2.32. The van der Waals surface area contributed by atoms with Gasteiger partial charge in [-0.3, -0.25) is 4.79 Å². The van der Waals surface area contributed by atoms with Crippen LogP contribution in [0.2, 0.25) is 0 Å². The zero-order chi connectivity index (χ0) is 14.0. The van der Waals surface area contributed by atoms with Gasteiger partial charge in [-0.25, -0.2) is 4.39 Å². The van der Waals surface area contributed by atoms with Crippen LogP contribution in [-0.4, -0.2) is 11.4 Å². The third kappa shape index (κ3) is 4.29. The van der Waals surface area contributed by atoms with Crippen molar-refractivity contribution in [2.75, 3.05) is 0 Å². The fraction of sp³-hybridized carbons (Fsp3) is 0.417. The molecule has 0 aromatic heterocycles. The number of hydrogen-bond acceptors (Lipinski definition) is 1. The van der Waals surface area contributed by atoms with Crippen LogP contribution in [0.3, 0.4) is 0 Å². The first kappa shape index (κ1) is 15.0. The molecule has 0 fully saturated rings. The van der Waals surface area contributed by atoms with Crippen molar-refractivity contribution in [2.45, 2.75) is 25.9 Å². The summed E-state index contributed by atoms with van der Waals surface area (Å²) in [4.78, 5) is 11.2. The van der Waals surface area contributed by atoms with Crippen LogP contribution in [0.5, 0.6) is 0 Å². The minimum absolute atomic E-state index is 0.257. The third-order valence-corrected chi connectivity index (χ3v) is 3.00. The largest absolute Gasteiger partial charge is 0.390 e. The molecule has 1 nitrogen and oxygen atoms in total. The summed E-state index contributed by atoms with van der Waals surface area (Å²) in [5.74, 6) is -0.566. The number of alkyl halides is 3. The number of hydrogen-bond donors (Lipinski definition) is 0. The number of carbonyl (C=O) groups is 1. The van der Waals surface area contributed by atoms with Gasteiger partial charge in [0, 0.05) is 0 Å². The first-order valence-corrected chi connectivity index (χ1v) is 5.51. The Hall–Kier alpha value is -1.10. The minimum atomic E-state index is -4.51. The molecular formula is C12H11ClF4O. The van der Waals surface area contributed by atoms with Gasteiger partial charge < -0.3 is 0 Å². The first-order valence-electron chi connectivity index (χ1n) is 5.13. The molecule has 0 aliphatic carbocycles. The van der Waals surface area contributed by atoms with Gasteiger partial charge in [-0.1, -0.05) is 19.1 Å². The van der Waals surface area contributed by atoms with E-state index in [1.54, 1.807) is 0 Å². The van der Waals surface area contributed by atoms with Gasteiger partial charge in [0.1, 0.15) is 5.82 Å². The number of carbonyl (C=O) groups excluding carboxylic acids is 1. The minimum Gasteiger partial charge on any atom is -0.281 e. The average Bonchev–Trinajstić information content (AvgIpc) is 2.13. The maximum absolute atomic E-state index is 12.9. The number of benzene rings is 1. The molecule has 0 saturated heterocycles. The van der Waals surface area contributed by atoms with Crippen molar-refractivity contribution in [1.29, 1.82) is 0 Å². The molecule has 18 heavy (non-hydrogen) atoms. The van der Waals surface area contributed by atoms with Crippen molar-refractivity contribution in [1.82, 2.24) is 0 Å². The van der Waals surface area contributed by atoms with E-state index in [1.807, 2.05) is 0 Å². The highest BCUT2D eigenvalue weighted by atomic mass is 35.5.